The monoisotopic (exact) mass is 726 g/mol. The number of rotatable bonds is 10. The Bertz CT molecular complexity index is 1280. The zero-order valence-corrected chi connectivity index (χ0v) is 30.7. The van der Waals surface area contributed by atoms with Crippen LogP contribution in [0.2, 0.25) is 0 Å². The van der Waals surface area contributed by atoms with Crippen molar-refractivity contribution in [3.63, 3.8) is 0 Å². The molecule has 0 bridgehead atoms. The van der Waals surface area contributed by atoms with Crippen LogP contribution < -0.4 is 0 Å². The molecular formula is C38H62O13. The number of hydrogen-bond acceptors (Lipinski definition) is 13. The minimum Gasteiger partial charge on any atom is -0.394 e. The SMILES string of the molecule is CC(C)CCC(=O)[C@@H](C)[C@@]1(O)[C@@H](O[C@@H]2OC[C@H](O)[C@H](O)[C@H]2O)C[C@H]2[C@@H]3CC=C4C[C@@H](O[C@@H]5O[C@H](CO)[C@@H](O)[C@H](O)[C@H]5O)CC[C@]4(C)[C@H]3CC[C@@]21C. The summed E-state index contributed by atoms with van der Waals surface area (Å²) in [5, 5.41) is 85.0. The molecule has 292 valence electrons. The summed E-state index contributed by atoms with van der Waals surface area (Å²) >= 11 is 0. The van der Waals surface area contributed by atoms with Gasteiger partial charge in [0.15, 0.2) is 12.6 Å². The summed E-state index contributed by atoms with van der Waals surface area (Å²) in [6, 6.07) is 0. The Labute approximate surface area is 300 Å². The predicted octanol–water partition coefficient (Wildman–Crippen LogP) is 0.941. The van der Waals surface area contributed by atoms with Crippen LogP contribution in [0.1, 0.15) is 92.4 Å². The number of allylic oxidation sites excluding steroid dienone is 1. The van der Waals surface area contributed by atoms with Crippen molar-refractivity contribution in [2.75, 3.05) is 13.2 Å². The summed E-state index contributed by atoms with van der Waals surface area (Å²) in [6.45, 7) is 9.57. The van der Waals surface area contributed by atoms with Gasteiger partial charge >= 0.3 is 0 Å². The number of ketones is 1. The molecule has 6 aliphatic rings. The fourth-order valence-corrected chi connectivity index (χ4v) is 11.0. The van der Waals surface area contributed by atoms with Crippen molar-refractivity contribution < 1.29 is 64.6 Å². The predicted molar refractivity (Wildman–Crippen MR) is 182 cm³/mol. The number of ether oxygens (including phenoxy) is 4. The first-order valence-electron chi connectivity index (χ1n) is 19.2. The zero-order chi connectivity index (χ0) is 37.2. The molecule has 2 heterocycles. The molecule has 3 saturated carbocycles. The third-order valence-corrected chi connectivity index (χ3v) is 14.4. The highest BCUT2D eigenvalue weighted by atomic mass is 16.7. The van der Waals surface area contributed by atoms with Crippen LogP contribution in [0.15, 0.2) is 11.6 Å². The van der Waals surface area contributed by atoms with Crippen LogP contribution in [0.25, 0.3) is 0 Å². The van der Waals surface area contributed by atoms with Crippen LogP contribution in [0.4, 0.5) is 0 Å². The molecule has 5 fully saturated rings. The van der Waals surface area contributed by atoms with Crippen molar-refractivity contribution in [3.05, 3.63) is 11.6 Å². The Morgan fingerprint density at radius 1 is 0.922 bits per heavy atom. The third-order valence-electron chi connectivity index (χ3n) is 14.4. The van der Waals surface area contributed by atoms with Gasteiger partial charge in [-0.25, -0.2) is 0 Å². The van der Waals surface area contributed by atoms with Crippen LogP contribution in [-0.4, -0.2) is 133 Å². The lowest BCUT2D eigenvalue weighted by Crippen LogP contribution is -2.62. The Morgan fingerprint density at radius 2 is 1.63 bits per heavy atom. The lowest BCUT2D eigenvalue weighted by atomic mass is 9.46. The Morgan fingerprint density at radius 3 is 2.31 bits per heavy atom. The molecule has 0 aromatic carbocycles. The van der Waals surface area contributed by atoms with Gasteiger partial charge in [0.1, 0.15) is 54.1 Å². The number of carbonyl (C=O) groups is 1. The van der Waals surface area contributed by atoms with Gasteiger partial charge in [-0.2, -0.15) is 0 Å². The van der Waals surface area contributed by atoms with Crippen molar-refractivity contribution in [2.24, 2.45) is 40.4 Å². The smallest absolute Gasteiger partial charge is 0.186 e. The number of hydrogen-bond donors (Lipinski definition) is 8. The van der Waals surface area contributed by atoms with Gasteiger partial charge in [0.2, 0.25) is 0 Å². The summed E-state index contributed by atoms with van der Waals surface area (Å²) < 4.78 is 23.9. The quantitative estimate of drug-likeness (QED) is 0.147. The average Bonchev–Trinajstić information content (AvgIpc) is 3.33. The van der Waals surface area contributed by atoms with Crippen molar-refractivity contribution in [3.8, 4) is 0 Å². The maximum absolute atomic E-state index is 13.8. The van der Waals surface area contributed by atoms with Gasteiger partial charge in [-0.15, -0.1) is 0 Å². The number of aliphatic hydroxyl groups is 8. The van der Waals surface area contributed by atoms with E-state index in [9.17, 15) is 45.6 Å². The number of carbonyl (C=O) groups excluding carboxylic acids is 1. The average molecular weight is 727 g/mol. The number of aliphatic hydroxyl groups excluding tert-OH is 7. The maximum Gasteiger partial charge on any atom is 0.186 e. The van der Waals surface area contributed by atoms with Crippen molar-refractivity contribution in [1.29, 1.82) is 0 Å². The van der Waals surface area contributed by atoms with Gasteiger partial charge in [-0.05, 0) is 80.5 Å². The molecule has 4 aliphatic carbocycles. The van der Waals surface area contributed by atoms with E-state index in [0.29, 0.717) is 44.4 Å². The van der Waals surface area contributed by atoms with Crippen LogP contribution in [-0.2, 0) is 23.7 Å². The van der Waals surface area contributed by atoms with E-state index in [1.54, 1.807) is 6.92 Å². The topological polar surface area (TPSA) is 216 Å². The molecule has 0 unspecified atom stereocenters. The standard InChI is InChI=1S/C38H62O13/c1-18(2)6-9-25(40)19(3)38(47)28(51-34-32(45)29(42)26(41)17-48-34)15-24-22-8-7-20-14-21(10-12-36(20,4)23(22)11-13-37(24,38)5)49-35-33(46)31(44)30(43)27(16-39)50-35/h7,18-19,21-24,26-35,39,41-47H,6,8-17H2,1-5H3/t19-,21+,22-,23+,24+,26+,27-,28+,29+,30-,31+,32-,33-,34+,35-,36+,37+,38-/m1/s1. The van der Waals surface area contributed by atoms with Crippen molar-refractivity contribution >= 4 is 5.78 Å². The van der Waals surface area contributed by atoms with Crippen molar-refractivity contribution in [2.45, 2.75) is 166 Å². The molecule has 0 aromatic heterocycles. The van der Waals surface area contributed by atoms with E-state index < -0.39 is 85.0 Å². The zero-order valence-electron chi connectivity index (χ0n) is 30.7. The van der Waals surface area contributed by atoms with Gasteiger partial charge in [0, 0.05) is 17.8 Å². The Kier molecular flexibility index (Phi) is 11.6. The molecule has 51 heavy (non-hydrogen) atoms. The van der Waals surface area contributed by atoms with Gasteiger partial charge in [0.25, 0.3) is 0 Å². The first-order valence-corrected chi connectivity index (χ1v) is 19.2. The molecule has 18 atom stereocenters. The largest absolute Gasteiger partial charge is 0.394 e. The number of fused-ring (bicyclic) bond motifs is 5. The lowest BCUT2D eigenvalue weighted by Gasteiger charge is -2.59. The van der Waals surface area contributed by atoms with E-state index >= 15 is 0 Å². The Balaban J connectivity index is 1.24. The maximum atomic E-state index is 13.8. The van der Waals surface area contributed by atoms with E-state index in [1.807, 2.05) is 0 Å². The molecule has 13 nitrogen and oxygen atoms in total. The van der Waals surface area contributed by atoms with Gasteiger partial charge < -0.3 is 59.8 Å². The Hall–Kier alpha value is -1.07. The molecule has 2 aliphatic heterocycles. The van der Waals surface area contributed by atoms with E-state index in [4.69, 9.17) is 18.9 Å². The fraction of sp³-hybridized carbons (Fsp3) is 0.921. The molecule has 13 heteroatoms. The summed E-state index contributed by atoms with van der Waals surface area (Å²) in [7, 11) is 0. The first kappa shape index (κ1) is 39.6. The second-order valence-electron chi connectivity index (χ2n) is 17.5. The normalized spacial score (nSPS) is 50.6. The highest BCUT2D eigenvalue weighted by molar-refractivity contribution is 5.82. The second-order valence-corrected chi connectivity index (χ2v) is 17.5. The van der Waals surface area contributed by atoms with Crippen LogP contribution >= 0.6 is 0 Å². The highest BCUT2D eigenvalue weighted by Crippen LogP contribution is 2.69. The molecule has 0 spiro atoms. The minimum absolute atomic E-state index is 0.0134. The summed E-state index contributed by atoms with van der Waals surface area (Å²) in [6.07, 6.45) is -5.17. The molecule has 6 rings (SSSR count). The molecule has 2 saturated heterocycles. The van der Waals surface area contributed by atoms with E-state index in [2.05, 4.69) is 33.8 Å². The third kappa shape index (κ3) is 6.69. The van der Waals surface area contributed by atoms with Gasteiger partial charge in [0.05, 0.1) is 25.4 Å². The summed E-state index contributed by atoms with van der Waals surface area (Å²) in [5.41, 5.74) is -1.15. The molecule has 8 N–H and O–H groups in total. The van der Waals surface area contributed by atoms with E-state index in [1.165, 1.54) is 5.57 Å². The highest BCUT2D eigenvalue weighted by Gasteiger charge is 2.70. The summed E-state index contributed by atoms with van der Waals surface area (Å²) in [5.74, 6) is 0.00525. The van der Waals surface area contributed by atoms with Crippen LogP contribution in [0, 0.1) is 40.4 Å². The first-order chi connectivity index (χ1) is 24.0. The molecular weight excluding hydrogens is 664 g/mol. The van der Waals surface area contributed by atoms with E-state index in [-0.39, 0.29) is 41.7 Å². The van der Waals surface area contributed by atoms with Crippen LogP contribution in [0.5, 0.6) is 0 Å². The second kappa shape index (κ2) is 14.9. The minimum atomic E-state index is -1.57. The summed E-state index contributed by atoms with van der Waals surface area (Å²) in [4.78, 5) is 13.8. The fourth-order valence-electron chi connectivity index (χ4n) is 11.0. The van der Waals surface area contributed by atoms with E-state index in [0.717, 1.165) is 19.3 Å². The molecule has 0 radical (unpaired) electrons. The molecule has 0 amide bonds. The molecule has 0 aromatic rings. The van der Waals surface area contributed by atoms with Gasteiger partial charge in [-0.3, -0.25) is 4.79 Å². The number of Topliss-reactive ketones (excluding diaryl/α,β-unsaturated/α-hetero) is 1. The lowest BCUT2D eigenvalue weighted by molar-refractivity contribution is -0.313. The van der Waals surface area contributed by atoms with Gasteiger partial charge in [-0.1, -0.05) is 46.3 Å². The van der Waals surface area contributed by atoms with Crippen LogP contribution in [0.3, 0.4) is 0 Å². The van der Waals surface area contributed by atoms with Crippen molar-refractivity contribution in [1.82, 2.24) is 0 Å².